The second-order valence-corrected chi connectivity index (χ2v) is 6.74. The van der Waals surface area contributed by atoms with Gasteiger partial charge in [-0.25, -0.2) is 0 Å². The molecule has 132 valence electrons. The number of anilines is 1. The zero-order chi connectivity index (χ0) is 18.7. The SMILES string of the molecule is Cc1ccc(C(=O)Nc2cccn(Cc3ccc(Cl)c(Cl)c3)c2=O)cc1. The highest BCUT2D eigenvalue weighted by atomic mass is 35.5. The second-order valence-electron chi connectivity index (χ2n) is 5.92. The molecule has 0 aliphatic heterocycles. The number of hydrogen-bond donors (Lipinski definition) is 1. The van der Waals surface area contributed by atoms with Crippen molar-refractivity contribution in [2.75, 3.05) is 5.32 Å². The molecule has 0 fully saturated rings. The van der Waals surface area contributed by atoms with E-state index in [1.807, 2.05) is 19.1 Å². The molecule has 1 amide bonds. The number of halogens is 2. The van der Waals surface area contributed by atoms with Crippen molar-refractivity contribution in [1.82, 2.24) is 4.57 Å². The lowest BCUT2D eigenvalue weighted by atomic mass is 10.1. The van der Waals surface area contributed by atoms with E-state index in [2.05, 4.69) is 5.32 Å². The summed E-state index contributed by atoms with van der Waals surface area (Å²) in [5, 5.41) is 3.56. The highest BCUT2D eigenvalue weighted by molar-refractivity contribution is 6.42. The molecule has 1 N–H and O–H groups in total. The van der Waals surface area contributed by atoms with Gasteiger partial charge in [-0.15, -0.1) is 0 Å². The minimum absolute atomic E-state index is 0.220. The smallest absolute Gasteiger partial charge is 0.274 e. The van der Waals surface area contributed by atoms with Crippen LogP contribution in [0.5, 0.6) is 0 Å². The summed E-state index contributed by atoms with van der Waals surface area (Å²) in [6.45, 7) is 2.27. The fraction of sp³-hybridized carbons (Fsp3) is 0.100. The zero-order valence-corrected chi connectivity index (χ0v) is 15.5. The summed E-state index contributed by atoms with van der Waals surface area (Å²) in [7, 11) is 0. The van der Waals surface area contributed by atoms with Crippen LogP contribution in [0.3, 0.4) is 0 Å². The predicted octanol–water partition coefficient (Wildman–Crippen LogP) is 4.76. The normalized spacial score (nSPS) is 10.6. The van der Waals surface area contributed by atoms with Gasteiger partial charge in [0.05, 0.1) is 16.6 Å². The van der Waals surface area contributed by atoms with Gasteiger partial charge in [-0.1, -0.05) is 47.0 Å². The lowest BCUT2D eigenvalue weighted by Crippen LogP contribution is -2.25. The van der Waals surface area contributed by atoms with Crippen LogP contribution in [0.25, 0.3) is 0 Å². The van der Waals surface area contributed by atoms with E-state index in [-0.39, 0.29) is 17.2 Å². The zero-order valence-electron chi connectivity index (χ0n) is 14.0. The Labute approximate surface area is 161 Å². The summed E-state index contributed by atoms with van der Waals surface area (Å²) >= 11 is 11.9. The lowest BCUT2D eigenvalue weighted by molar-refractivity contribution is 0.102. The van der Waals surface area contributed by atoms with Crippen molar-refractivity contribution in [2.24, 2.45) is 0 Å². The van der Waals surface area contributed by atoms with Crippen molar-refractivity contribution in [3.63, 3.8) is 0 Å². The second kappa shape index (κ2) is 7.77. The molecule has 0 spiro atoms. The van der Waals surface area contributed by atoms with Gasteiger partial charge in [0.25, 0.3) is 11.5 Å². The molecule has 1 heterocycles. The summed E-state index contributed by atoms with van der Waals surface area (Å²) in [6, 6.07) is 15.7. The van der Waals surface area contributed by atoms with Gasteiger partial charge in [-0.2, -0.15) is 0 Å². The number of carbonyl (C=O) groups excluding carboxylic acids is 1. The van der Waals surface area contributed by atoms with Crippen LogP contribution < -0.4 is 10.9 Å². The van der Waals surface area contributed by atoms with E-state index in [1.165, 1.54) is 4.57 Å². The number of amides is 1. The van der Waals surface area contributed by atoms with E-state index in [4.69, 9.17) is 23.2 Å². The van der Waals surface area contributed by atoms with Crippen LogP contribution in [0.4, 0.5) is 5.69 Å². The Morgan fingerprint density at radius 2 is 1.77 bits per heavy atom. The molecule has 0 saturated heterocycles. The Balaban J connectivity index is 1.82. The number of pyridine rings is 1. The van der Waals surface area contributed by atoms with Gasteiger partial charge in [-0.3, -0.25) is 9.59 Å². The molecular weight excluding hydrogens is 371 g/mol. The molecule has 3 rings (SSSR count). The molecule has 0 bridgehead atoms. The highest BCUT2D eigenvalue weighted by Gasteiger charge is 2.10. The number of rotatable bonds is 4. The molecule has 0 atom stereocenters. The molecule has 4 nitrogen and oxygen atoms in total. The van der Waals surface area contributed by atoms with Crippen LogP contribution in [0.15, 0.2) is 65.6 Å². The summed E-state index contributed by atoms with van der Waals surface area (Å²) < 4.78 is 1.50. The minimum Gasteiger partial charge on any atom is -0.317 e. The third-order valence-corrected chi connectivity index (χ3v) is 4.66. The summed E-state index contributed by atoms with van der Waals surface area (Å²) in [5.41, 5.74) is 2.32. The van der Waals surface area contributed by atoms with Crippen molar-refractivity contribution < 1.29 is 4.79 Å². The van der Waals surface area contributed by atoms with E-state index in [1.54, 1.807) is 48.7 Å². The maximum absolute atomic E-state index is 12.6. The Morgan fingerprint density at radius 1 is 1.04 bits per heavy atom. The minimum atomic E-state index is -0.325. The number of nitrogens with zero attached hydrogens (tertiary/aromatic N) is 1. The Morgan fingerprint density at radius 3 is 2.46 bits per heavy atom. The van der Waals surface area contributed by atoms with E-state index in [0.717, 1.165) is 11.1 Å². The number of benzene rings is 2. The molecule has 3 aromatic rings. The highest BCUT2D eigenvalue weighted by Crippen LogP contribution is 2.22. The van der Waals surface area contributed by atoms with Crippen LogP contribution in [-0.2, 0) is 6.54 Å². The molecule has 1 aromatic heterocycles. The van der Waals surface area contributed by atoms with E-state index < -0.39 is 0 Å². The van der Waals surface area contributed by atoms with Crippen LogP contribution in [0.1, 0.15) is 21.5 Å². The van der Waals surface area contributed by atoms with Gasteiger partial charge in [0.1, 0.15) is 5.69 Å². The van der Waals surface area contributed by atoms with Gasteiger partial charge in [0, 0.05) is 11.8 Å². The molecule has 2 aromatic carbocycles. The van der Waals surface area contributed by atoms with Gasteiger partial charge in [0.2, 0.25) is 0 Å². The van der Waals surface area contributed by atoms with Crippen LogP contribution in [0, 0.1) is 6.92 Å². The molecule has 0 unspecified atom stereocenters. The maximum atomic E-state index is 12.6. The number of aryl methyl sites for hydroxylation is 1. The first-order valence-electron chi connectivity index (χ1n) is 7.95. The number of carbonyl (C=O) groups is 1. The van der Waals surface area contributed by atoms with Crippen LogP contribution in [0.2, 0.25) is 10.0 Å². The standard InChI is InChI=1S/C20H16Cl2N2O2/c1-13-4-7-15(8-5-13)19(25)23-18-3-2-10-24(20(18)26)12-14-6-9-16(21)17(22)11-14/h2-11H,12H2,1H3,(H,23,25). The topological polar surface area (TPSA) is 51.1 Å². The fourth-order valence-electron chi connectivity index (χ4n) is 2.49. The van der Waals surface area contributed by atoms with Crippen molar-refractivity contribution >= 4 is 34.8 Å². The largest absolute Gasteiger partial charge is 0.317 e. The first-order chi connectivity index (χ1) is 12.4. The first-order valence-corrected chi connectivity index (χ1v) is 8.71. The van der Waals surface area contributed by atoms with Gasteiger partial charge < -0.3 is 9.88 Å². The Kier molecular flexibility index (Phi) is 5.45. The van der Waals surface area contributed by atoms with Crippen molar-refractivity contribution in [2.45, 2.75) is 13.5 Å². The Bertz CT molecular complexity index is 1010. The van der Waals surface area contributed by atoms with Gasteiger partial charge in [-0.05, 0) is 48.9 Å². The van der Waals surface area contributed by atoms with Crippen molar-refractivity contribution in [1.29, 1.82) is 0 Å². The molecule has 0 saturated carbocycles. The van der Waals surface area contributed by atoms with Crippen LogP contribution >= 0.6 is 23.2 Å². The Hall–Kier alpha value is -2.56. The van der Waals surface area contributed by atoms with Crippen molar-refractivity contribution in [3.05, 3.63) is 97.9 Å². The molecule has 0 aliphatic carbocycles. The average Bonchev–Trinajstić information content (AvgIpc) is 2.62. The molecule has 0 aliphatic rings. The van der Waals surface area contributed by atoms with Crippen molar-refractivity contribution in [3.8, 4) is 0 Å². The molecule has 26 heavy (non-hydrogen) atoms. The number of aromatic nitrogens is 1. The quantitative estimate of drug-likeness (QED) is 0.702. The van der Waals surface area contributed by atoms with Crippen LogP contribution in [-0.4, -0.2) is 10.5 Å². The average molecular weight is 387 g/mol. The molecular formula is C20H16Cl2N2O2. The third-order valence-electron chi connectivity index (χ3n) is 3.92. The monoisotopic (exact) mass is 386 g/mol. The third kappa shape index (κ3) is 4.15. The number of hydrogen-bond acceptors (Lipinski definition) is 2. The van der Waals surface area contributed by atoms with Gasteiger partial charge in [0.15, 0.2) is 0 Å². The first kappa shape index (κ1) is 18.2. The number of nitrogens with one attached hydrogen (secondary N) is 1. The van der Waals surface area contributed by atoms with E-state index in [9.17, 15) is 9.59 Å². The maximum Gasteiger partial charge on any atom is 0.274 e. The summed E-state index contributed by atoms with van der Waals surface area (Å²) in [6.07, 6.45) is 1.66. The summed E-state index contributed by atoms with van der Waals surface area (Å²) in [5.74, 6) is -0.325. The van der Waals surface area contributed by atoms with E-state index in [0.29, 0.717) is 22.2 Å². The van der Waals surface area contributed by atoms with Gasteiger partial charge >= 0.3 is 0 Å². The lowest BCUT2D eigenvalue weighted by Gasteiger charge is -2.10. The van der Waals surface area contributed by atoms with E-state index >= 15 is 0 Å². The molecule has 6 heteroatoms. The fourth-order valence-corrected chi connectivity index (χ4v) is 2.81. The summed E-state index contributed by atoms with van der Waals surface area (Å²) in [4.78, 5) is 25.0. The molecule has 0 radical (unpaired) electrons. The predicted molar refractivity (Wildman–Crippen MR) is 105 cm³/mol.